The Bertz CT molecular complexity index is 2340. The van der Waals surface area contributed by atoms with Gasteiger partial charge in [-0.05, 0) is 47.3 Å². The van der Waals surface area contributed by atoms with E-state index in [4.69, 9.17) is 14.5 Å². The lowest BCUT2D eigenvalue weighted by molar-refractivity contribution is 0.469. The fourth-order valence-electron chi connectivity index (χ4n) is 6.91. The highest BCUT2D eigenvalue weighted by Gasteiger charge is 2.41. The van der Waals surface area contributed by atoms with E-state index in [1.54, 1.807) is 11.3 Å². The summed E-state index contributed by atoms with van der Waals surface area (Å²) in [4.78, 5) is 5.00. The molecule has 5 aromatic carbocycles. The minimum Gasteiger partial charge on any atom is -0.458 e. The lowest BCUT2D eigenvalue weighted by Gasteiger charge is -2.33. The lowest BCUT2D eigenvalue weighted by atomic mass is 9.35. The fraction of sp³-hybridized carbons (Fsp3) is 0. The van der Waals surface area contributed by atoms with Crippen LogP contribution in [0.25, 0.3) is 47.8 Å². The van der Waals surface area contributed by atoms with Crippen molar-refractivity contribution >= 4 is 76.4 Å². The molecule has 0 atom stereocenters. The molecule has 190 valence electrons. The molecule has 5 heterocycles. The van der Waals surface area contributed by atoms with Crippen LogP contribution in [0.15, 0.2) is 115 Å². The van der Waals surface area contributed by atoms with Crippen molar-refractivity contribution in [3.63, 3.8) is 0 Å². The number of para-hydroxylation sites is 4. The summed E-state index contributed by atoms with van der Waals surface area (Å²) in [5.41, 5.74) is 5.74. The third kappa shape index (κ3) is 2.77. The number of ether oxygens (including phenoxy) is 2. The molecule has 0 bridgehead atoms. The van der Waals surface area contributed by atoms with E-state index in [1.807, 2.05) is 18.3 Å². The molecule has 6 heteroatoms. The van der Waals surface area contributed by atoms with Crippen molar-refractivity contribution in [3.05, 3.63) is 115 Å². The summed E-state index contributed by atoms with van der Waals surface area (Å²) in [7, 11) is 0. The molecule has 0 unspecified atom stereocenters. The molecule has 4 nitrogen and oxygen atoms in total. The zero-order valence-electron chi connectivity index (χ0n) is 21.7. The van der Waals surface area contributed by atoms with Crippen LogP contribution in [-0.4, -0.2) is 16.3 Å². The quantitative estimate of drug-likeness (QED) is 0.205. The van der Waals surface area contributed by atoms with E-state index in [0.717, 1.165) is 65.5 Å². The summed E-state index contributed by atoms with van der Waals surface area (Å²) in [5, 5.41) is 4.72. The highest BCUT2D eigenvalue weighted by atomic mass is 32.1. The van der Waals surface area contributed by atoms with Crippen molar-refractivity contribution in [1.29, 1.82) is 0 Å². The van der Waals surface area contributed by atoms with Crippen LogP contribution in [0.4, 0.5) is 0 Å². The molecule has 8 aromatic rings. The molecule has 2 aliphatic rings. The normalized spacial score (nSPS) is 13.2. The second-order valence-corrected chi connectivity index (χ2v) is 11.7. The molecular weight excluding hydrogens is 523 g/mol. The van der Waals surface area contributed by atoms with E-state index in [0.29, 0.717) is 0 Å². The number of rotatable bonds is 1. The van der Waals surface area contributed by atoms with Gasteiger partial charge < -0.3 is 9.47 Å². The second-order valence-electron chi connectivity index (χ2n) is 10.7. The van der Waals surface area contributed by atoms with Gasteiger partial charge in [-0.15, -0.1) is 11.3 Å². The maximum Gasteiger partial charge on any atom is 0.260 e. The molecule has 0 aliphatic carbocycles. The predicted molar refractivity (Wildman–Crippen MR) is 169 cm³/mol. The molecule has 0 saturated carbocycles. The smallest absolute Gasteiger partial charge is 0.260 e. The summed E-state index contributed by atoms with van der Waals surface area (Å²) >= 11 is 1.75. The molecule has 0 amide bonds. The van der Waals surface area contributed by atoms with E-state index in [-0.39, 0.29) is 6.71 Å². The van der Waals surface area contributed by atoms with E-state index < -0.39 is 0 Å². The molecule has 41 heavy (non-hydrogen) atoms. The Morgan fingerprint density at radius 2 is 1.27 bits per heavy atom. The molecule has 0 fully saturated rings. The van der Waals surface area contributed by atoms with Gasteiger partial charge in [-0.2, -0.15) is 0 Å². The average molecular weight is 542 g/mol. The largest absolute Gasteiger partial charge is 0.458 e. The highest BCUT2D eigenvalue weighted by molar-refractivity contribution is 7.26. The van der Waals surface area contributed by atoms with Gasteiger partial charge in [0.05, 0.1) is 15.7 Å². The summed E-state index contributed by atoms with van der Waals surface area (Å²) < 4.78 is 17.9. The van der Waals surface area contributed by atoms with E-state index in [9.17, 15) is 0 Å². The number of pyridine rings is 1. The van der Waals surface area contributed by atoms with E-state index in [2.05, 4.69) is 102 Å². The summed E-state index contributed by atoms with van der Waals surface area (Å²) in [6, 6.07) is 38.2. The van der Waals surface area contributed by atoms with Gasteiger partial charge in [0, 0.05) is 37.9 Å². The Morgan fingerprint density at radius 3 is 2.00 bits per heavy atom. The van der Waals surface area contributed by atoms with Crippen LogP contribution >= 0.6 is 11.3 Å². The summed E-state index contributed by atoms with van der Waals surface area (Å²) in [6.07, 6.45) is 1.93. The predicted octanol–water partition coefficient (Wildman–Crippen LogP) is 7.27. The third-order valence-electron chi connectivity index (χ3n) is 8.59. The van der Waals surface area contributed by atoms with Crippen LogP contribution in [0.3, 0.4) is 0 Å². The van der Waals surface area contributed by atoms with Crippen molar-refractivity contribution in [1.82, 2.24) is 9.55 Å². The number of hydrogen-bond donors (Lipinski definition) is 0. The first-order valence-corrected chi connectivity index (χ1v) is 14.6. The van der Waals surface area contributed by atoms with Crippen LogP contribution < -0.4 is 25.9 Å². The van der Waals surface area contributed by atoms with Crippen molar-refractivity contribution in [3.8, 4) is 28.8 Å². The lowest BCUT2D eigenvalue weighted by Crippen LogP contribution is -2.57. The number of nitrogens with zero attached hydrogens (tertiary/aromatic N) is 2. The van der Waals surface area contributed by atoms with Gasteiger partial charge >= 0.3 is 0 Å². The van der Waals surface area contributed by atoms with Crippen LogP contribution in [0.5, 0.6) is 23.0 Å². The monoisotopic (exact) mass is 542 g/mol. The van der Waals surface area contributed by atoms with Gasteiger partial charge in [-0.25, -0.2) is 4.98 Å². The Balaban J connectivity index is 1.32. The fourth-order valence-corrected chi connectivity index (χ4v) is 8.12. The minimum absolute atomic E-state index is 0.0490. The molecule has 10 rings (SSSR count). The first-order chi connectivity index (χ1) is 20.3. The Hall–Kier alpha value is -5.07. The zero-order chi connectivity index (χ0) is 26.7. The number of aromatic nitrogens is 2. The van der Waals surface area contributed by atoms with Gasteiger partial charge in [-0.1, -0.05) is 72.8 Å². The first-order valence-electron chi connectivity index (χ1n) is 13.8. The van der Waals surface area contributed by atoms with E-state index in [1.165, 1.54) is 21.7 Å². The van der Waals surface area contributed by atoms with Crippen LogP contribution in [0.1, 0.15) is 0 Å². The van der Waals surface area contributed by atoms with E-state index >= 15 is 0 Å². The third-order valence-corrected chi connectivity index (χ3v) is 9.73. The van der Waals surface area contributed by atoms with Crippen molar-refractivity contribution in [2.45, 2.75) is 0 Å². The number of fused-ring (bicyclic) bond motifs is 11. The Morgan fingerprint density at radius 1 is 0.634 bits per heavy atom. The molecule has 2 aliphatic heterocycles. The standard InChI is InChI=1S/C35H19BN2O2S/c1-5-13-25-20(9-1)21-10-2-6-14-26(21)38(25)35-34-22(17-18-37-35)31-30(41-34)19-29-32-33(31)40-28-16-8-4-12-24(28)36(32)23-11-3-7-15-27(23)39-29/h1-19H. The van der Waals surface area contributed by atoms with Crippen LogP contribution in [0, 0.1) is 0 Å². The Kier molecular flexibility index (Phi) is 4.12. The topological polar surface area (TPSA) is 36.3 Å². The van der Waals surface area contributed by atoms with Gasteiger partial charge in [0.25, 0.3) is 6.71 Å². The second kappa shape index (κ2) is 7.77. The van der Waals surface area contributed by atoms with Crippen molar-refractivity contribution < 1.29 is 9.47 Å². The van der Waals surface area contributed by atoms with Crippen LogP contribution in [0.2, 0.25) is 0 Å². The number of benzene rings is 5. The molecular formula is C35H19BN2O2S. The van der Waals surface area contributed by atoms with Gasteiger partial charge in [0.1, 0.15) is 23.0 Å². The Labute approximate surface area is 239 Å². The molecule has 0 saturated heterocycles. The highest BCUT2D eigenvalue weighted by Crippen LogP contribution is 2.47. The zero-order valence-corrected chi connectivity index (χ0v) is 22.5. The van der Waals surface area contributed by atoms with Gasteiger partial charge in [-0.3, -0.25) is 4.57 Å². The molecule has 0 N–H and O–H groups in total. The molecule has 0 radical (unpaired) electrons. The van der Waals surface area contributed by atoms with Gasteiger partial charge in [0.15, 0.2) is 5.82 Å². The SMILES string of the molecule is c1ccc2c(c1)Oc1cc3sc4c(-n5c6ccccc6c6ccccc65)nccc4c3c3c1B2c1ccccc1O3. The van der Waals surface area contributed by atoms with Crippen LogP contribution in [-0.2, 0) is 0 Å². The summed E-state index contributed by atoms with van der Waals surface area (Å²) in [5.74, 6) is 4.49. The maximum atomic E-state index is 6.79. The van der Waals surface area contributed by atoms with Crippen molar-refractivity contribution in [2.75, 3.05) is 0 Å². The van der Waals surface area contributed by atoms with Crippen molar-refractivity contribution in [2.24, 2.45) is 0 Å². The summed E-state index contributed by atoms with van der Waals surface area (Å²) in [6.45, 7) is 0.0490. The first kappa shape index (κ1) is 21.7. The molecule has 3 aromatic heterocycles. The molecule has 0 spiro atoms. The maximum absolute atomic E-state index is 6.79. The number of hydrogen-bond acceptors (Lipinski definition) is 4. The average Bonchev–Trinajstić information content (AvgIpc) is 3.57. The number of thiophene rings is 1. The minimum atomic E-state index is 0.0490. The van der Waals surface area contributed by atoms with Gasteiger partial charge in [0.2, 0.25) is 0 Å².